The van der Waals surface area contributed by atoms with E-state index in [2.05, 4.69) is 19.1 Å². The third kappa shape index (κ3) is 2.30. The Labute approximate surface area is 142 Å². The molecule has 3 aromatic rings. The van der Waals surface area contributed by atoms with Crippen molar-refractivity contribution in [2.45, 2.75) is 34.1 Å². The van der Waals surface area contributed by atoms with Crippen LogP contribution in [0.1, 0.15) is 54.4 Å². The second-order valence-corrected chi connectivity index (χ2v) is 5.62. The van der Waals surface area contributed by atoms with Gasteiger partial charge in [0.1, 0.15) is 11.3 Å². The maximum absolute atomic E-state index is 12.9. The molecule has 0 spiro atoms. The number of carbonyl (C=O) groups excluding carboxylic acids is 1. The summed E-state index contributed by atoms with van der Waals surface area (Å²) in [6.07, 6.45) is 5.12. The highest BCUT2D eigenvalue weighted by molar-refractivity contribution is 6.28. The first-order valence-corrected chi connectivity index (χ1v) is 8.59. The highest BCUT2D eigenvalue weighted by Gasteiger charge is 2.30. The zero-order chi connectivity index (χ0) is 17.3. The average molecular weight is 318 g/mol. The van der Waals surface area contributed by atoms with Crippen molar-refractivity contribution in [2.24, 2.45) is 0 Å². The highest BCUT2D eigenvalue weighted by Crippen LogP contribution is 2.42. The summed E-state index contributed by atoms with van der Waals surface area (Å²) in [5.41, 5.74) is 5.41. The summed E-state index contributed by atoms with van der Waals surface area (Å²) in [7, 11) is 0. The molecule has 0 saturated heterocycles. The second kappa shape index (κ2) is 6.48. The van der Waals surface area contributed by atoms with Crippen LogP contribution in [-0.2, 0) is 0 Å². The maximum Gasteiger partial charge on any atom is 0.195 e. The Morgan fingerprint density at radius 1 is 1.00 bits per heavy atom. The molecule has 1 aromatic heterocycles. The summed E-state index contributed by atoms with van der Waals surface area (Å²) in [6, 6.07) is 11.8. The number of ketones is 1. The molecule has 2 nitrogen and oxygen atoms in total. The van der Waals surface area contributed by atoms with Crippen molar-refractivity contribution in [3.63, 3.8) is 0 Å². The fourth-order valence-electron chi connectivity index (χ4n) is 3.28. The van der Waals surface area contributed by atoms with Crippen LogP contribution >= 0.6 is 0 Å². The Hall–Kier alpha value is -2.61. The molecular weight excluding hydrogens is 296 g/mol. The third-order valence-electron chi connectivity index (χ3n) is 4.29. The number of benzene rings is 2. The first-order valence-electron chi connectivity index (χ1n) is 8.59. The normalized spacial score (nSPS) is 12.2. The van der Waals surface area contributed by atoms with Gasteiger partial charge < -0.3 is 4.42 Å². The van der Waals surface area contributed by atoms with Crippen molar-refractivity contribution in [1.29, 1.82) is 0 Å². The number of allylic oxidation sites excluding steroid dienone is 1. The molecule has 2 heteroatoms. The molecule has 1 heterocycles. The predicted molar refractivity (Wildman–Crippen MR) is 100 cm³/mol. The average Bonchev–Trinajstić information content (AvgIpc) is 3.09. The van der Waals surface area contributed by atoms with E-state index in [0.29, 0.717) is 0 Å². The molecule has 2 aromatic carbocycles. The van der Waals surface area contributed by atoms with Gasteiger partial charge in [-0.05, 0) is 36.6 Å². The largest absolute Gasteiger partial charge is 0.461 e. The molecule has 1 aliphatic rings. The van der Waals surface area contributed by atoms with Crippen molar-refractivity contribution < 1.29 is 9.21 Å². The lowest BCUT2D eigenvalue weighted by Gasteiger charge is -2.01. The van der Waals surface area contributed by atoms with Crippen LogP contribution in [0.15, 0.2) is 46.9 Å². The van der Waals surface area contributed by atoms with Gasteiger partial charge in [0.2, 0.25) is 0 Å². The molecule has 0 unspecified atom stereocenters. The van der Waals surface area contributed by atoms with Gasteiger partial charge >= 0.3 is 0 Å². The molecule has 0 radical (unpaired) electrons. The monoisotopic (exact) mass is 318 g/mol. The van der Waals surface area contributed by atoms with Crippen LogP contribution in [0.5, 0.6) is 0 Å². The third-order valence-corrected chi connectivity index (χ3v) is 4.29. The van der Waals surface area contributed by atoms with Crippen molar-refractivity contribution in [3.05, 3.63) is 64.9 Å². The van der Waals surface area contributed by atoms with Gasteiger partial charge in [0.15, 0.2) is 5.78 Å². The lowest BCUT2D eigenvalue weighted by atomic mass is 9.99. The maximum atomic E-state index is 12.9. The van der Waals surface area contributed by atoms with Gasteiger partial charge in [0.05, 0.1) is 0 Å². The molecule has 0 saturated carbocycles. The van der Waals surface area contributed by atoms with Crippen molar-refractivity contribution in [3.8, 4) is 11.1 Å². The van der Waals surface area contributed by atoms with E-state index in [0.717, 1.165) is 51.0 Å². The molecule has 0 aliphatic heterocycles. The molecule has 1 aliphatic carbocycles. The standard InChI is InChI=1S/C20H16O2.C2H6/c1-3-4-7-13-12(2)22-17-11-10-15-14-8-5-6-9-16(14)20(21)19(15)18(13)17;1-2/h4-11H,3H2,1-2H3;1-2H3/b7-4-;. The van der Waals surface area contributed by atoms with E-state index in [9.17, 15) is 4.79 Å². The number of carbonyl (C=O) groups is 1. The molecule has 24 heavy (non-hydrogen) atoms. The molecule has 0 fully saturated rings. The van der Waals surface area contributed by atoms with Crippen LogP contribution < -0.4 is 0 Å². The topological polar surface area (TPSA) is 30.2 Å². The van der Waals surface area contributed by atoms with Gasteiger partial charge in [0.25, 0.3) is 0 Å². The molecule has 0 atom stereocenters. The molecule has 0 amide bonds. The van der Waals surface area contributed by atoms with Crippen LogP contribution in [0, 0.1) is 6.92 Å². The fraction of sp³-hybridized carbons (Fsp3) is 0.227. The molecular formula is C22H22O2. The summed E-state index contributed by atoms with van der Waals surface area (Å²) in [5.74, 6) is 0.958. The Balaban J connectivity index is 0.000000815. The van der Waals surface area contributed by atoms with Gasteiger partial charge in [0, 0.05) is 22.1 Å². The van der Waals surface area contributed by atoms with Crippen LogP contribution in [0.25, 0.3) is 28.2 Å². The molecule has 122 valence electrons. The van der Waals surface area contributed by atoms with Gasteiger partial charge in [-0.15, -0.1) is 0 Å². The molecule has 4 rings (SSSR count). The minimum Gasteiger partial charge on any atom is -0.461 e. The Morgan fingerprint density at radius 3 is 2.42 bits per heavy atom. The van der Waals surface area contributed by atoms with Gasteiger partial charge in [-0.2, -0.15) is 0 Å². The Bertz CT molecular complexity index is 942. The number of hydrogen-bond acceptors (Lipinski definition) is 2. The number of aryl methyl sites for hydroxylation is 1. The summed E-state index contributed by atoms with van der Waals surface area (Å²) >= 11 is 0. The SMILES string of the molecule is CC.CC/C=C\c1c(C)oc2ccc3c(c12)C(=O)c1ccccc1-3. The number of rotatable bonds is 2. The van der Waals surface area contributed by atoms with Crippen LogP contribution in [0.2, 0.25) is 0 Å². The van der Waals surface area contributed by atoms with E-state index in [1.807, 2.05) is 57.2 Å². The first-order chi connectivity index (χ1) is 11.7. The smallest absolute Gasteiger partial charge is 0.195 e. The zero-order valence-electron chi connectivity index (χ0n) is 14.6. The van der Waals surface area contributed by atoms with Crippen LogP contribution in [0.3, 0.4) is 0 Å². The van der Waals surface area contributed by atoms with Gasteiger partial charge in [-0.25, -0.2) is 0 Å². The van der Waals surface area contributed by atoms with Crippen molar-refractivity contribution in [1.82, 2.24) is 0 Å². The van der Waals surface area contributed by atoms with E-state index in [4.69, 9.17) is 4.42 Å². The van der Waals surface area contributed by atoms with E-state index in [1.165, 1.54) is 0 Å². The predicted octanol–water partition coefficient (Wildman–Crippen LogP) is 6.40. The quantitative estimate of drug-likeness (QED) is 0.428. The van der Waals surface area contributed by atoms with E-state index < -0.39 is 0 Å². The zero-order valence-corrected chi connectivity index (χ0v) is 14.6. The van der Waals surface area contributed by atoms with E-state index in [1.54, 1.807) is 0 Å². The number of furan rings is 1. The molecule has 0 bridgehead atoms. The van der Waals surface area contributed by atoms with E-state index >= 15 is 0 Å². The Kier molecular flexibility index (Phi) is 4.39. The second-order valence-electron chi connectivity index (χ2n) is 5.62. The number of hydrogen-bond donors (Lipinski definition) is 0. The first kappa shape index (κ1) is 16.3. The van der Waals surface area contributed by atoms with Crippen molar-refractivity contribution >= 4 is 22.8 Å². The lowest BCUT2D eigenvalue weighted by molar-refractivity contribution is 0.104. The van der Waals surface area contributed by atoms with Crippen LogP contribution in [0.4, 0.5) is 0 Å². The van der Waals surface area contributed by atoms with Gasteiger partial charge in [-0.3, -0.25) is 4.79 Å². The Morgan fingerprint density at radius 2 is 1.71 bits per heavy atom. The fourth-order valence-corrected chi connectivity index (χ4v) is 3.28. The van der Waals surface area contributed by atoms with Crippen LogP contribution in [-0.4, -0.2) is 5.78 Å². The summed E-state index contributed by atoms with van der Waals surface area (Å²) in [4.78, 5) is 12.9. The highest BCUT2D eigenvalue weighted by atomic mass is 16.3. The van der Waals surface area contributed by atoms with Crippen molar-refractivity contribution in [2.75, 3.05) is 0 Å². The van der Waals surface area contributed by atoms with Gasteiger partial charge in [-0.1, -0.05) is 57.2 Å². The molecule has 0 N–H and O–H groups in total. The minimum absolute atomic E-state index is 0.100. The van der Waals surface area contributed by atoms with E-state index in [-0.39, 0.29) is 5.78 Å². The number of fused-ring (bicyclic) bond motifs is 5. The summed E-state index contributed by atoms with van der Waals surface area (Å²) < 4.78 is 5.87. The minimum atomic E-state index is 0.100. The summed E-state index contributed by atoms with van der Waals surface area (Å²) in [5, 5.41) is 0.945. The lowest BCUT2D eigenvalue weighted by Crippen LogP contribution is -1.96. The summed E-state index contributed by atoms with van der Waals surface area (Å²) in [6.45, 7) is 8.05.